The Morgan fingerprint density at radius 1 is 1.54 bits per heavy atom. The average molecular weight is 184 g/mol. The van der Waals surface area contributed by atoms with Gasteiger partial charge in [-0.3, -0.25) is 0 Å². The highest BCUT2D eigenvalue weighted by atomic mass is 16.3. The van der Waals surface area contributed by atoms with Gasteiger partial charge in [-0.2, -0.15) is 0 Å². The molecule has 2 heterocycles. The molecule has 1 spiro atoms. The van der Waals surface area contributed by atoms with Crippen LogP contribution in [0.4, 0.5) is 0 Å². The summed E-state index contributed by atoms with van der Waals surface area (Å²) in [6, 6.07) is 0. The van der Waals surface area contributed by atoms with Gasteiger partial charge in [-0.15, -0.1) is 0 Å². The van der Waals surface area contributed by atoms with Crippen LogP contribution in [0, 0.1) is 5.41 Å². The van der Waals surface area contributed by atoms with E-state index in [0.717, 1.165) is 32.6 Å². The molecule has 3 nitrogen and oxygen atoms in total. The van der Waals surface area contributed by atoms with Crippen LogP contribution in [0.1, 0.15) is 19.3 Å². The summed E-state index contributed by atoms with van der Waals surface area (Å²) in [5.41, 5.74) is 0.158. The lowest BCUT2D eigenvalue weighted by molar-refractivity contribution is -0.0519. The van der Waals surface area contributed by atoms with Crippen molar-refractivity contribution in [2.24, 2.45) is 5.41 Å². The summed E-state index contributed by atoms with van der Waals surface area (Å²) < 4.78 is 0. The minimum atomic E-state index is -0.0866. The summed E-state index contributed by atoms with van der Waals surface area (Å²) in [5.74, 6) is 0. The Hall–Kier alpha value is -0.120. The lowest BCUT2D eigenvalue weighted by Gasteiger charge is -2.47. The van der Waals surface area contributed by atoms with Crippen LogP contribution in [0.5, 0.6) is 0 Å². The quantitative estimate of drug-likeness (QED) is 0.558. The standard InChI is InChI=1S/C10H20N2O/c1-12-6-3-9(13)10(8-12)4-2-5-11-7-10/h9,11,13H,2-8H2,1H3. The van der Waals surface area contributed by atoms with E-state index in [2.05, 4.69) is 17.3 Å². The second kappa shape index (κ2) is 3.56. The third-order valence-electron chi connectivity index (χ3n) is 3.58. The molecule has 2 fully saturated rings. The average Bonchev–Trinajstić information content (AvgIpc) is 2.14. The van der Waals surface area contributed by atoms with E-state index in [0.29, 0.717) is 0 Å². The number of piperidine rings is 2. The number of hydrogen-bond donors (Lipinski definition) is 2. The fourth-order valence-electron chi connectivity index (χ4n) is 2.78. The van der Waals surface area contributed by atoms with Crippen molar-refractivity contribution in [3.8, 4) is 0 Å². The summed E-state index contributed by atoms with van der Waals surface area (Å²) in [6.07, 6.45) is 3.26. The molecule has 2 aliphatic heterocycles. The molecule has 2 aliphatic rings. The Labute approximate surface area is 80.1 Å². The molecule has 2 unspecified atom stereocenters. The van der Waals surface area contributed by atoms with E-state index in [9.17, 15) is 5.11 Å². The first-order valence-electron chi connectivity index (χ1n) is 5.30. The zero-order valence-electron chi connectivity index (χ0n) is 8.42. The molecule has 0 aromatic heterocycles. The van der Waals surface area contributed by atoms with Gasteiger partial charge in [0.15, 0.2) is 0 Å². The second-order valence-corrected chi connectivity index (χ2v) is 4.68. The molecular weight excluding hydrogens is 164 g/mol. The Morgan fingerprint density at radius 3 is 3.08 bits per heavy atom. The fraction of sp³-hybridized carbons (Fsp3) is 1.00. The Morgan fingerprint density at radius 2 is 2.38 bits per heavy atom. The van der Waals surface area contributed by atoms with E-state index in [1.54, 1.807) is 0 Å². The maximum absolute atomic E-state index is 10.0. The van der Waals surface area contributed by atoms with Gasteiger partial charge >= 0.3 is 0 Å². The van der Waals surface area contributed by atoms with Crippen LogP contribution in [0.3, 0.4) is 0 Å². The minimum Gasteiger partial charge on any atom is -0.392 e. The Balaban J connectivity index is 2.07. The van der Waals surface area contributed by atoms with Crippen LogP contribution in [0.25, 0.3) is 0 Å². The topological polar surface area (TPSA) is 35.5 Å². The highest BCUT2D eigenvalue weighted by molar-refractivity contribution is 4.96. The monoisotopic (exact) mass is 184 g/mol. The number of aliphatic hydroxyl groups excluding tert-OH is 1. The van der Waals surface area contributed by atoms with Gasteiger partial charge in [0.2, 0.25) is 0 Å². The van der Waals surface area contributed by atoms with E-state index < -0.39 is 0 Å². The molecule has 0 aliphatic carbocycles. The molecule has 0 aromatic carbocycles. The molecule has 2 rings (SSSR count). The van der Waals surface area contributed by atoms with E-state index in [4.69, 9.17) is 0 Å². The predicted octanol–water partition coefficient (Wildman–Crippen LogP) is 0.0526. The molecule has 0 amide bonds. The molecule has 0 saturated carbocycles. The van der Waals surface area contributed by atoms with Gasteiger partial charge in [-0.05, 0) is 32.9 Å². The summed E-state index contributed by atoms with van der Waals surface area (Å²) >= 11 is 0. The first-order chi connectivity index (χ1) is 6.23. The second-order valence-electron chi connectivity index (χ2n) is 4.68. The molecule has 0 aromatic rings. The fourth-order valence-corrected chi connectivity index (χ4v) is 2.78. The van der Waals surface area contributed by atoms with Gasteiger partial charge in [0, 0.05) is 25.0 Å². The lowest BCUT2D eigenvalue weighted by atomic mass is 9.72. The third kappa shape index (κ3) is 1.73. The molecule has 0 bridgehead atoms. The lowest BCUT2D eigenvalue weighted by Crippen LogP contribution is -2.57. The summed E-state index contributed by atoms with van der Waals surface area (Å²) in [6.45, 7) is 4.22. The number of aliphatic hydroxyl groups is 1. The first kappa shape index (κ1) is 9.44. The Kier molecular flexibility index (Phi) is 2.58. The number of nitrogens with one attached hydrogen (secondary N) is 1. The van der Waals surface area contributed by atoms with Crippen LogP contribution in [0.15, 0.2) is 0 Å². The number of nitrogens with zero attached hydrogens (tertiary/aromatic N) is 1. The van der Waals surface area contributed by atoms with Gasteiger partial charge in [0.1, 0.15) is 0 Å². The first-order valence-corrected chi connectivity index (χ1v) is 5.30. The smallest absolute Gasteiger partial charge is 0.0633 e. The largest absolute Gasteiger partial charge is 0.392 e. The van der Waals surface area contributed by atoms with Crippen LogP contribution in [0.2, 0.25) is 0 Å². The maximum Gasteiger partial charge on any atom is 0.0633 e. The molecule has 13 heavy (non-hydrogen) atoms. The number of rotatable bonds is 0. The van der Waals surface area contributed by atoms with Gasteiger partial charge < -0.3 is 15.3 Å². The van der Waals surface area contributed by atoms with Crippen molar-refractivity contribution < 1.29 is 5.11 Å². The van der Waals surface area contributed by atoms with Crippen LogP contribution >= 0.6 is 0 Å². The minimum absolute atomic E-state index is 0.0866. The van der Waals surface area contributed by atoms with Crippen LogP contribution in [-0.4, -0.2) is 49.3 Å². The SMILES string of the molecule is CN1CCC(O)C2(CCCNC2)C1. The highest BCUT2D eigenvalue weighted by Gasteiger charge is 2.42. The van der Waals surface area contributed by atoms with E-state index in [1.807, 2.05) is 0 Å². The van der Waals surface area contributed by atoms with Crippen molar-refractivity contribution in [1.82, 2.24) is 10.2 Å². The molecule has 2 saturated heterocycles. The van der Waals surface area contributed by atoms with Crippen LogP contribution in [-0.2, 0) is 0 Å². The molecule has 0 radical (unpaired) electrons. The third-order valence-corrected chi connectivity index (χ3v) is 3.58. The number of likely N-dealkylation sites (tertiary alicyclic amines) is 1. The van der Waals surface area contributed by atoms with E-state index >= 15 is 0 Å². The van der Waals surface area contributed by atoms with Gasteiger partial charge in [-0.25, -0.2) is 0 Å². The van der Waals surface area contributed by atoms with Gasteiger partial charge in [0.25, 0.3) is 0 Å². The van der Waals surface area contributed by atoms with Crippen molar-refractivity contribution in [3.63, 3.8) is 0 Å². The van der Waals surface area contributed by atoms with Crippen molar-refractivity contribution in [3.05, 3.63) is 0 Å². The summed E-state index contributed by atoms with van der Waals surface area (Å²) in [7, 11) is 2.15. The normalized spacial score (nSPS) is 42.5. The van der Waals surface area contributed by atoms with Crippen molar-refractivity contribution >= 4 is 0 Å². The zero-order valence-corrected chi connectivity index (χ0v) is 8.42. The van der Waals surface area contributed by atoms with E-state index in [1.165, 1.54) is 12.8 Å². The molecule has 76 valence electrons. The summed E-state index contributed by atoms with van der Waals surface area (Å²) in [5, 5.41) is 13.4. The van der Waals surface area contributed by atoms with Crippen molar-refractivity contribution in [2.45, 2.75) is 25.4 Å². The highest BCUT2D eigenvalue weighted by Crippen LogP contribution is 2.35. The Bertz CT molecular complexity index is 178. The van der Waals surface area contributed by atoms with E-state index in [-0.39, 0.29) is 11.5 Å². The summed E-state index contributed by atoms with van der Waals surface area (Å²) in [4.78, 5) is 2.35. The number of hydrogen-bond acceptors (Lipinski definition) is 3. The predicted molar refractivity (Wildman–Crippen MR) is 52.7 cm³/mol. The molecule has 2 N–H and O–H groups in total. The van der Waals surface area contributed by atoms with Crippen LogP contribution < -0.4 is 5.32 Å². The van der Waals surface area contributed by atoms with Crippen molar-refractivity contribution in [2.75, 3.05) is 33.2 Å². The molecular formula is C10H20N2O. The maximum atomic E-state index is 10.0. The zero-order chi connectivity index (χ0) is 9.31. The van der Waals surface area contributed by atoms with Crippen molar-refractivity contribution in [1.29, 1.82) is 0 Å². The molecule has 3 heteroatoms. The molecule has 2 atom stereocenters. The van der Waals surface area contributed by atoms with Gasteiger partial charge in [0.05, 0.1) is 6.10 Å². The van der Waals surface area contributed by atoms with Gasteiger partial charge in [-0.1, -0.05) is 0 Å².